The Morgan fingerprint density at radius 2 is 2.24 bits per heavy atom. The van der Waals surface area contributed by atoms with Gasteiger partial charge in [-0.05, 0) is 53.9 Å². The largest absolute Gasteiger partial charge is 0.497 e. The summed E-state index contributed by atoms with van der Waals surface area (Å²) in [5.74, 6) is 1.64. The SMILES string of the molecule is COc1ccc(OCC2CCC(C)O2)c(Br)c1. The van der Waals surface area contributed by atoms with Gasteiger partial charge in [-0.1, -0.05) is 0 Å². The molecule has 1 aromatic rings. The lowest BCUT2D eigenvalue weighted by Crippen LogP contribution is -2.17. The molecule has 2 rings (SSSR count). The van der Waals surface area contributed by atoms with Crippen LogP contribution in [-0.4, -0.2) is 25.9 Å². The quantitative estimate of drug-likeness (QED) is 0.853. The van der Waals surface area contributed by atoms with Gasteiger partial charge in [0.2, 0.25) is 0 Å². The van der Waals surface area contributed by atoms with Gasteiger partial charge in [-0.3, -0.25) is 0 Å². The van der Waals surface area contributed by atoms with Gasteiger partial charge in [-0.2, -0.15) is 0 Å². The third-order valence-electron chi connectivity index (χ3n) is 2.88. The third kappa shape index (κ3) is 3.36. The average Bonchev–Trinajstić information content (AvgIpc) is 2.73. The van der Waals surface area contributed by atoms with E-state index in [0.29, 0.717) is 12.7 Å². The number of methoxy groups -OCH3 is 1. The molecule has 2 unspecified atom stereocenters. The monoisotopic (exact) mass is 300 g/mol. The summed E-state index contributed by atoms with van der Waals surface area (Å²) in [5.41, 5.74) is 0. The summed E-state index contributed by atoms with van der Waals surface area (Å²) in [5, 5.41) is 0. The van der Waals surface area contributed by atoms with Crippen molar-refractivity contribution in [3.05, 3.63) is 22.7 Å². The maximum absolute atomic E-state index is 5.74. The van der Waals surface area contributed by atoms with Crippen LogP contribution in [0.1, 0.15) is 19.8 Å². The van der Waals surface area contributed by atoms with E-state index in [0.717, 1.165) is 28.8 Å². The molecule has 1 aromatic carbocycles. The van der Waals surface area contributed by atoms with Gasteiger partial charge in [0, 0.05) is 0 Å². The zero-order valence-electron chi connectivity index (χ0n) is 10.1. The fourth-order valence-corrected chi connectivity index (χ4v) is 2.39. The normalized spacial score (nSPS) is 23.7. The molecule has 1 saturated heterocycles. The lowest BCUT2D eigenvalue weighted by Gasteiger charge is -2.14. The number of rotatable bonds is 4. The van der Waals surface area contributed by atoms with Crippen molar-refractivity contribution in [3.63, 3.8) is 0 Å². The highest BCUT2D eigenvalue weighted by atomic mass is 79.9. The number of hydrogen-bond acceptors (Lipinski definition) is 3. The van der Waals surface area contributed by atoms with Crippen LogP contribution < -0.4 is 9.47 Å². The lowest BCUT2D eigenvalue weighted by atomic mass is 10.2. The van der Waals surface area contributed by atoms with Gasteiger partial charge in [0.1, 0.15) is 18.1 Å². The van der Waals surface area contributed by atoms with Crippen LogP contribution in [0.2, 0.25) is 0 Å². The smallest absolute Gasteiger partial charge is 0.133 e. The third-order valence-corrected chi connectivity index (χ3v) is 3.50. The van der Waals surface area contributed by atoms with Crippen LogP contribution in [0.3, 0.4) is 0 Å². The second-order valence-electron chi connectivity index (χ2n) is 4.25. The van der Waals surface area contributed by atoms with Crippen molar-refractivity contribution in [2.24, 2.45) is 0 Å². The van der Waals surface area contributed by atoms with Crippen molar-refractivity contribution in [3.8, 4) is 11.5 Å². The van der Waals surface area contributed by atoms with Crippen LogP contribution in [0.5, 0.6) is 11.5 Å². The second kappa shape index (κ2) is 5.74. The first-order valence-electron chi connectivity index (χ1n) is 5.81. The van der Waals surface area contributed by atoms with Crippen LogP contribution in [0.15, 0.2) is 22.7 Å². The molecule has 4 heteroatoms. The molecule has 0 amide bonds. The fourth-order valence-electron chi connectivity index (χ4n) is 1.92. The summed E-state index contributed by atoms with van der Waals surface area (Å²) in [6.07, 6.45) is 2.79. The first-order valence-corrected chi connectivity index (χ1v) is 6.60. The zero-order valence-corrected chi connectivity index (χ0v) is 11.7. The van der Waals surface area contributed by atoms with Crippen molar-refractivity contribution in [1.29, 1.82) is 0 Å². The van der Waals surface area contributed by atoms with E-state index in [2.05, 4.69) is 22.9 Å². The Labute approximate surface area is 110 Å². The topological polar surface area (TPSA) is 27.7 Å². The molecule has 94 valence electrons. The molecule has 0 N–H and O–H groups in total. The maximum atomic E-state index is 5.74. The Kier molecular flexibility index (Phi) is 4.29. The van der Waals surface area contributed by atoms with Crippen LogP contribution >= 0.6 is 15.9 Å². The highest BCUT2D eigenvalue weighted by molar-refractivity contribution is 9.10. The predicted molar refractivity (Wildman–Crippen MR) is 69.8 cm³/mol. The Bertz CT molecular complexity index is 381. The molecule has 17 heavy (non-hydrogen) atoms. The van der Waals surface area contributed by atoms with Gasteiger partial charge in [0.25, 0.3) is 0 Å². The van der Waals surface area contributed by atoms with Crippen molar-refractivity contribution >= 4 is 15.9 Å². The molecule has 0 aromatic heterocycles. The van der Waals surface area contributed by atoms with Gasteiger partial charge in [0.15, 0.2) is 0 Å². The highest BCUT2D eigenvalue weighted by Crippen LogP contribution is 2.30. The molecule has 0 saturated carbocycles. The summed E-state index contributed by atoms with van der Waals surface area (Å²) in [4.78, 5) is 0. The van der Waals surface area contributed by atoms with E-state index in [-0.39, 0.29) is 6.10 Å². The van der Waals surface area contributed by atoms with E-state index < -0.39 is 0 Å². The standard InChI is InChI=1S/C13H17BrO3/c1-9-3-4-11(17-9)8-16-13-6-5-10(15-2)7-12(13)14/h5-7,9,11H,3-4,8H2,1-2H3. The number of halogens is 1. The fraction of sp³-hybridized carbons (Fsp3) is 0.538. The molecule has 2 atom stereocenters. The zero-order chi connectivity index (χ0) is 12.3. The summed E-state index contributed by atoms with van der Waals surface area (Å²) >= 11 is 3.46. The molecule has 3 nitrogen and oxygen atoms in total. The Morgan fingerprint density at radius 1 is 1.41 bits per heavy atom. The number of benzene rings is 1. The van der Waals surface area contributed by atoms with Crippen molar-refractivity contribution < 1.29 is 14.2 Å². The summed E-state index contributed by atoms with van der Waals surface area (Å²) < 4.78 is 17.5. The summed E-state index contributed by atoms with van der Waals surface area (Å²) in [6, 6.07) is 5.69. The molecular weight excluding hydrogens is 284 g/mol. The van der Waals surface area contributed by atoms with E-state index in [9.17, 15) is 0 Å². The minimum atomic E-state index is 0.221. The molecule has 1 fully saturated rings. The van der Waals surface area contributed by atoms with Gasteiger partial charge in [-0.25, -0.2) is 0 Å². The molecular formula is C13H17BrO3. The minimum Gasteiger partial charge on any atom is -0.497 e. The summed E-state index contributed by atoms with van der Waals surface area (Å²) in [6.45, 7) is 2.71. The van der Waals surface area contributed by atoms with Crippen molar-refractivity contribution in [2.75, 3.05) is 13.7 Å². The van der Waals surface area contributed by atoms with E-state index in [1.807, 2.05) is 18.2 Å². The van der Waals surface area contributed by atoms with Crippen molar-refractivity contribution in [2.45, 2.75) is 32.0 Å². The van der Waals surface area contributed by atoms with Gasteiger partial charge < -0.3 is 14.2 Å². The second-order valence-corrected chi connectivity index (χ2v) is 5.11. The number of hydrogen-bond donors (Lipinski definition) is 0. The van der Waals surface area contributed by atoms with E-state index in [4.69, 9.17) is 14.2 Å². The number of ether oxygens (including phenoxy) is 3. The lowest BCUT2D eigenvalue weighted by molar-refractivity contribution is 0.0263. The molecule has 1 aliphatic rings. The Hall–Kier alpha value is -0.740. The van der Waals surface area contributed by atoms with E-state index in [1.165, 1.54) is 0 Å². The first-order chi connectivity index (χ1) is 8.19. The predicted octanol–water partition coefficient (Wildman–Crippen LogP) is 3.40. The van der Waals surface area contributed by atoms with Crippen LogP contribution in [-0.2, 0) is 4.74 Å². The van der Waals surface area contributed by atoms with Crippen LogP contribution in [0, 0.1) is 0 Å². The highest BCUT2D eigenvalue weighted by Gasteiger charge is 2.22. The van der Waals surface area contributed by atoms with Gasteiger partial charge in [-0.15, -0.1) is 0 Å². The van der Waals surface area contributed by atoms with Crippen molar-refractivity contribution in [1.82, 2.24) is 0 Å². The Morgan fingerprint density at radius 3 is 2.82 bits per heavy atom. The van der Waals surface area contributed by atoms with E-state index >= 15 is 0 Å². The minimum absolute atomic E-state index is 0.221. The van der Waals surface area contributed by atoms with Crippen LogP contribution in [0.25, 0.3) is 0 Å². The maximum Gasteiger partial charge on any atom is 0.133 e. The van der Waals surface area contributed by atoms with Crippen LogP contribution in [0.4, 0.5) is 0 Å². The molecule has 0 spiro atoms. The van der Waals surface area contributed by atoms with E-state index in [1.54, 1.807) is 7.11 Å². The molecule has 1 heterocycles. The average molecular weight is 301 g/mol. The Balaban J connectivity index is 1.90. The first kappa shape index (κ1) is 12.7. The van der Waals surface area contributed by atoms with Gasteiger partial charge in [0.05, 0.1) is 23.8 Å². The molecule has 0 aliphatic carbocycles. The summed E-state index contributed by atoms with van der Waals surface area (Å²) in [7, 11) is 1.65. The molecule has 0 bridgehead atoms. The van der Waals surface area contributed by atoms with Gasteiger partial charge >= 0.3 is 0 Å². The molecule has 1 aliphatic heterocycles. The molecule has 0 radical (unpaired) electrons.